The van der Waals surface area contributed by atoms with Crippen LogP contribution < -0.4 is 0 Å². The van der Waals surface area contributed by atoms with E-state index in [1.807, 2.05) is 30.3 Å². The third-order valence-corrected chi connectivity index (χ3v) is 6.63. The maximum Gasteiger partial charge on any atom is 0.246 e. The smallest absolute Gasteiger partial charge is 0.246 e. The Morgan fingerprint density at radius 2 is 1.84 bits per heavy atom. The average molecular weight is 359 g/mol. The highest BCUT2D eigenvalue weighted by Gasteiger charge is 2.31. The molecule has 0 radical (unpaired) electrons. The van der Waals surface area contributed by atoms with E-state index in [9.17, 15) is 13.2 Å². The fraction of sp³-hybridized carbons (Fsp3) is 0.316. The number of furan rings is 1. The lowest BCUT2D eigenvalue weighted by molar-refractivity contribution is -0.126. The van der Waals surface area contributed by atoms with Crippen molar-refractivity contribution in [3.63, 3.8) is 0 Å². The second kappa shape index (κ2) is 7.70. The first-order valence-electron chi connectivity index (χ1n) is 8.30. The normalized spacial score (nSPS) is 16.4. The predicted octanol–water partition coefficient (Wildman–Crippen LogP) is 2.90. The minimum absolute atomic E-state index is 0.0604. The Kier molecular flexibility index (Phi) is 5.38. The SMILES string of the molecule is O=C(/C=C/c1ccco1)N1CCC(S(=O)(=O)Cc2ccccc2)CC1. The van der Waals surface area contributed by atoms with Gasteiger partial charge in [-0.1, -0.05) is 30.3 Å². The summed E-state index contributed by atoms with van der Waals surface area (Å²) in [6, 6.07) is 12.7. The molecule has 1 aromatic carbocycles. The van der Waals surface area contributed by atoms with Crippen LogP contribution in [0, 0.1) is 0 Å². The molecule has 0 bridgehead atoms. The second-order valence-corrected chi connectivity index (χ2v) is 8.45. The van der Waals surface area contributed by atoms with Gasteiger partial charge in [-0.05, 0) is 36.6 Å². The summed E-state index contributed by atoms with van der Waals surface area (Å²) in [7, 11) is -3.20. The van der Waals surface area contributed by atoms with Gasteiger partial charge in [0.15, 0.2) is 9.84 Å². The van der Waals surface area contributed by atoms with Crippen molar-refractivity contribution in [2.75, 3.05) is 13.1 Å². The van der Waals surface area contributed by atoms with E-state index in [1.165, 1.54) is 6.08 Å². The number of amides is 1. The first kappa shape index (κ1) is 17.5. The molecule has 0 spiro atoms. The molecule has 1 fully saturated rings. The van der Waals surface area contributed by atoms with Crippen LogP contribution in [0.15, 0.2) is 59.2 Å². The van der Waals surface area contributed by atoms with E-state index in [-0.39, 0.29) is 16.9 Å². The number of nitrogens with zero attached hydrogens (tertiary/aromatic N) is 1. The minimum Gasteiger partial charge on any atom is -0.465 e. The standard InChI is InChI=1S/C19H21NO4S/c21-19(9-8-17-7-4-14-24-17)20-12-10-18(11-13-20)25(22,23)15-16-5-2-1-3-6-16/h1-9,14,18H,10-13,15H2/b9-8+. The summed E-state index contributed by atoms with van der Waals surface area (Å²) < 4.78 is 30.3. The van der Waals surface area contributed by atoms with E-state index in [4.69, 9.17) is 4.42 Å². The Labute approximate surface area is 147 Å². The fourth-order valence-corrected chi connectivity index (χ4v) is 4.83. The number of carbonyl (C=O) groups is 1. The van der Waals surface area contributed by atoms with Crippen LogP contribution >= 0.6 is 0 Å². The number of sulfone groups is 1. The van der Waals surface area contributed by atoms with Gasteiger partial charge < -0.3 is 9.32 Å². The molecule has 0 aliphatic carbocycles. The number of likely N-dealkylation sites (tertiary alicyclic amines) is 1. The van der Waals surface area contributed by atoms with Crippen LogP contribution in [0.2, 0.25) is 0 Å². The second-order valence-electron chi connectivity index (χ2n) is 6.17. The van der Waals surface area contributed by atoms with Crippen molar-refractivity contribution in [3.8, 4) is 0 Å². The van der Waals surface area contributed by atoms with Gasteiger partial charge >= 0.3 is 0 Å². The van der Waals surface area contributed by atoms with Gasteiger partial charge in [0, 0.05) is 19.2 Å². The summed E-state index contributed by atoms with van der Waals surface area (Å²) in [5.74, 6) is 0.564. The van der Waals surface area contributed by atoms with Crippen molar-refractivity contribution < 1.29 is 17.6 Å². The number of rotatable bonds is 5. The van der Waals surface area contributed by atoms with Gasteiger partial charge in [0.25, 0.3) is 0 Å². The van der Waals surface area contributed by atoms with Crippen molar-refractivity contribution in [3.05, 3.63) is 66.1 Å². The summed E-state index contributed by atoms with van der Waals surface area (Å²) in [6.07, 6.45) is 5.61. The summed E-state index contributed by atoms with van der Waals surface area (Å²) in [4.78, 5) is 13.9. The Balaban J connectivity index is 1.55. The zero-order valence-corrected chi connectivity index (χ0v) is 14.7. The molecule has 3 rings (SSSR count). The molecule has 6 heteroatoms. The molecule has 0 saturated carbocycles. The number of hydrogen-bond acceptors (Lipinski definition) is 4. The molecule has 25 heavy (non-hydrogen) atoms. The summed E-state index contributed by atoms with van der Waals surface area (Å²) in [5.41, 5.74) is 0.808. The maximum absolute atomic E-state index is 12.6. The van der Waals surface area contributed by atoms with Gasteiger partial charge in [-0.3, -0.25) is 4.79 Å². The monoisotopic (exact) mass is 359 g/mol. The van der Waals surface area contributed by atoms with Crippen LogP contribution in [0.4, 0.5) is 0 Å². The zero-order chi connectivity index (χ0) is 17.7. The number of benzene rings is 1. The molecule has 5 nitrogen and oxygen atoms in total. The first-order chi connectivity index (χ1) is 12.0. The van der Waals surface area contributed by atoms with E-state index in [2.05, 4.69) is 0 Å². The minimum atomic E-state index is -3.20. The average Bonchev–Trinajstić information content (AvgIpc) is 3.14. The van der Waals surface area contributed by atoms with E-state index in [0.29, 0.717) is 31.7 Å². The molecule has 1 saturated heterocycles. The lowest BCUT2D eigenvalue weighted by Crippen LogP contribution is -2.42. The van der Waals surface area contributed by atoms with Crippen LogP contribution in [0.1, 0.15) is 24.2 Å². The predicted molar refractivity (Wildman–Crippen MR) is 96.4 cm³/mol. The molecule has 1 aliphatic rings. The number of carbonyl (C=O) groups excluding carboxylic acids is 1. The van der Waals surface area contributed by atoms with E-state index in [0.717, 1.165) is 5.56 Å². The van der Waals surface area contributed by atoms with Gasteiger partial charge in [0.1, 0.15) is 5.76 Å². The Bertz CT molecular complexity index is 818. The summed E-state index contributed by atoms with van der Waals surface area (Å²) in [6.45, 7) is 0.917. The highest BCUT2D eigenvalue weighted by atomic mass is 32.2. The fourth-order valence-electron chi connectivity index (χ4n) is 3.00. The molecule has 1 amide bonds. The van der Waals surface area contributed by atoms with Crippen LogP contribution in [0.25, 0.3) is 6.08 Å². The molecule has 1 aliphatic heterocycles. The number of hydrogen-bond donors (Lipinski definition) is 0. The third-order valence-electron chi connectivity index (χ3n) is 4.41. The molecule has 0 unspecified atom stereocenters. The lowest BCUT2D eigenvalue weighted by Gasteiger charge is -2.31. The topological polar surface area (TPSA) is 67.6 Å². The van der Waals surface area contributed by atoms with Crippen LogP contribution in [0.3, 0.4) is 0 Å². The zero-order valence-electron chi connectivity index (χ0n) is 13.9. The van der Waals surface area contributed by atoms with Gasteiger partial charge in [-0.2, -0.15) is 0 Å². The highest BCUT2D eigenvalue weighted by Crippen LogP contribution is 2.22. The molecule has 132 valence electrons. The van der Waals surface area contributed by atoms with Gasteiger partial charge in [0.2, 0.25) is 5.91 Å². The van der Waals surface area contributed by atoms with Crippen LogP contribution in [-0.4, -0.2) is 37.6 Å². The third kappa shape index (κ3) is 4.60. The molecule has 0 atom stereocenters. The van der Waals surface area contributed by atoms with E-state index >= 15 is 0 Å². The van der Waals surface area contributed by atoms with Crippen molar-refractivity contribution >= 4 is 21.8 Å². The molecular formula is C19H21NO4S. The Hall–Kier alpha value is -2.34. The molecule has 2 heterocycles. The van der Waals surface area contributed by atoms with Crippen molar-refractivity contribution in [1.29, 1.82) is 0 Å². The Morgan fingerprint density at radius 1 is 1.12 bits per heavy atom. The highest BCUT2D eigenvalue weighted by molar-refractivity contribution is 7.91. The van der Waals surface area contributed by atoms with Crippen LogP contribution in [-0.2, 0) is 20.4 Å². The van der Waals surface area contributed by atoms with Crippen molar-refractivity contribution in [2.24, 2.45) is 0 Å². The lowest BCUT2D eigenvalue weighted by atomic mass is 10.1. The van der Waals surface area contributed by atoms with E-state index in [1.54, 1.807) is 29.4 Å². The van der Waals surface area contributed by atoms with E-state index < -0.39 is 9.84 Å². The van der Waals surface area contributed by atoms with Crippen LogP contribution in [0.5, 0.6) is 0 Å². The molecule has 0 N–H and O–H groups in total. The summed E-state index contributed by atoms with van der Waals surface area (Å²) >= 11 is 0. The van der Waals surface area contributed by atoms with Crippen molar-refractivity contribution in [1.82, 2.24) is 4.90 Å². The Morgan fingerprint density at radius 3 is 2.48 bits per heavy atom. The molecule has 1 aromatic heterocycles. The van der Waals surface area contributed by atoms with Gasteiger partial charge in [-0.15, -0.1) is 0 Å². The molecular weight excluding hydrogens is 338 g/mol. The number of piperidine rings is 1. The largest absolute Gasteiger partial charge is 0.465 e. The summed E-state index contributed by atoms with van der Waals surface area (Å²) in [5, 5.41) is -0.384. The van der Waals surface area contributed by atoms with Gasteiger partial charge in [0.05, 0.1) is 17.3 Å². The molecule has 2 aromatic rings. The van der Waals surface area contributed by atoms with Crippen molar-refractivity contribution in [2.45, 2.75) is 23.8 Å². The quantitative estimate of drug-likeness (QED) is 0.770. The maximum atomic E-state index is 12.6. The van der Waals surface area contributed by atoms with Gasteiger partial charge in [-0.25, -0.2) is 8.42 Å². The first-order valence-corrected chi connectivity index (χ1v) is 10.0.